The molecule has 0 aliphatic heterocycles. The van der Waals surface area contributed by atoms with Gasteiger partial charge in [-0.25, -0.2) is 17.9 Å². The molecule has 1 aromatic carbocycles. The fraction of sp³-hybridized carbons (Fsp3) is 0.0909. The van der Waals surface area contributed by atoms with E-state index in [0.29, 0.717) is 5.69 Å². The first kappa shape index (κ1) is 13.6. The van der Waals surface area contributed by atoms with E-state index in [1.54, 1.807) is 0 Å². The molecule has 1 aromatic heterocycles. The maximum absolute atomic E-state index is 11.3. The summed E-state index contributed by atoms with van der Waals surface area (Å²) >= 11 is 5.96. The number of rotatable bonds is 3. The molecule has 6 nitrogen and oxygen atoms in total. The number of carboxylic acid groups (broad SMARTS) is 1. The van der Waals surface area contributed by atoms with Crippen LogP contribution in [0.4, 0.5) is 0 Å². The van der Waals surface area contributed by atoms with Gasteiger partial charge in [-0.15, -0.1) is 0 Å². The van der Waals surface area contributed by atoms with Gasteiger partial charge in [-0.05, 0) is 18.2 Å². The average Bonchev–Trinajstić information content (AvgIpc) is 2.77. The summed E-state index contributed by atoms with van der Waals surface area (Å²) in [7, 11) is -3.34. The Morgan fingerprint density at radius 1 is 1.42 bits per heavy atom. The number of aromatic carboxylic acids is 1. The number of carbonyl (C=O) groups is 1. The fourth-order valence-corrected chi connectivity index (χ4v) is 2.25. The second-order valence-electron chi connectivity index (χ2n) is 3.86. The van der Waals surface area contributed by atoms with Crippen molar-refractivity contribution in [3.05, 3.63) is 41.2 Å². The quantitative estimate of drug-likeness (QED) is 0.930. The number of nitrogens with zero attached hydrogens (tertiary/aromatic N) is 2. The van der Waals surface area contributed by atoms with Crippen LogP contribution in [-0.4, -0.2) is 35.5 Å². The lowest BCUT2D eigenvalue weighted by molar-refractivity contribution is 0.0697. The lowest BCUT2D eigenvalue weighted by atomic mass is 10.2. The topological polar surface area (TPSA) is 89.3 Å². The van der Waals surface area contributed by atoms with Gasteiger partial charge in [0, 0.05) is 12.5 Å². The van der Waals surface area contributed by atoms with Gasteiger partial charge in [0.25, 0.3) is 0 Å². The van der Waals surface area contributed by atoms with Gasteiger partial charge >= 0.3 is 5.97 Å². The first-order valence-corrected chi connectivity index (χ1v) is 7.34. The molecule has 0 radical (unpaired) electrons. The molecule has 8 heteroatoms. The normalized spacial score (nSPS) is 11.5. The molecule has 0 aliphatic rings. The smallest absolute Gasteiger partial charge is 0.335 e. The van der Waals surface area contributed by atoms with E-state index in [1.165, 1.54) is 35.3 Å². The van der Waals surface area contributed by atoms with E-state index >= 15 is 0 Å². The maximum Gasteiger partial charge on any atom is 0.335 e. The number of carboxylic acids is 1. The minimum Gasteiger partial charge on any atom is -0.478 e. The third-order valence-corrected chi connectivity index (χ3v) is 3.80. The predicted octanol–water partition coefficient (Wildman–Crippen LogP) is 1.63. The summed E-state index contributed by atoms with van der Waals surface area (Å²) in [4.78, 5) is 10.8. The molecule has 0 bridgehead atoms. The van der Waals surface area contributed by atoms with Crippen LogP contribution < -0.4 is 0 Å². The molecule has 0 fully saturated rings. The maximum atomic E-state index is 11.3. The molecule has 100 valence electrons. The van der Waals surface area contributed by atoms with Crippen molar-refractivity contribution in [1.82, 2.24) is 9.78 Å². The van der Waals surface area contributed by atoms with Crippen molar-refractivity contribution in [2.75, 3.05) is 6.26 Å². The molecule has 2 rings (SSSR count). The van der Waals surface area contributed by atoms with Crippen LogP contribution in [0.1, 0.15) is 10.4 Å². The third-order valence-electron chi connectivity index (χ3n) is 2.43. The minimum absolute atomic E-state index is 0.0456. The Morgan fingerprint density at radius 3 is 2.58 bits per heavy atom. The Hall–Kier alpha value is -1.86. The number of aromatic nitrogens is 2. The van der Waals surface area contributed by atoms with Gasteiger partial charge in [-0.2, -0.15) is 5.10 Å². The summed E-state index contributed by atoms with van der Waals surface area (Å²) in [6.07, 6.45) is 3.59. The molecule has 0 saturated heterocycles. The molecule has 0 atom stereocenters. The van der Waals surface area contributed by atoms with Crippen molar-refractivity contribution in [2.24, 2.45) is 0 Å². The van der Waals surface area contributed by atoms with Crippen LogP contribution in [0.3, 0.4) is 0 Å². The minimum atomic E-state index is -3.34. The van der Waals surface area contributed by atoms with Crippen molar-refractivity contribution in [1.29, 1.82) is 0 Å². The van der Waals surface area contributed by atoms with Crippen molar-refractivity contribution in [3.8, 4) is 5.69 Å². The van der Waals surface area contributed by atoms with Crippen LogP contribution in [0.5, 0.6) is 0 Å². The van der Waals surface area contributed by atoms with Gasteiger partial charge < -0.3 is 5.11 Å². The SMILES string of the molecule is CS(=O)(=O)c1cnn(-c2ccc(C(=O)O)cc2Cl)c1. The first-order chi connectivity index (χ1) is 8.79. The Bertz CT molecular complexity index is 752. The highest BCUT2D eigenvalue weighted by Crippen LogP contribution is 2.22. The Labute approximate surface area is 114 Å². The van der Waals surface area contributed by atoms with Crippen molar-refractivity contribution < 1.29 is 18.3 Å². The highest BCUT2D eigenvalue weighted by atomic mass is 35.5. The van der Waals surface area contributed by atoms with Crippen LogP contribution in [0.2, 0.25) is 5.02 Å². The van der Waals surface area contributed by atoms with E-state index in [9.17, 15) is 13.2 Å². The summed E-state index contributed by atoms with van der Waals surface area (Å²) in [5.74, 6) is -1.09. The van der Waals surface area contributed by atoms with E-state index in [1.807, 2.05) is 0 Å². The third kappa shape index (κ3) is 2.77. The number of benzene rings is 1. The van der Waals surface area contributed by atoms with Crippen molar-refractivity contribution in [2.45, 2.75) is 4.90 Å². The summed E-state index contributed by atoms with van der Waals surface area (Å²) in [5, 5.41) is 12.9. The molecule has 0 unspecified atom stereocenters. The lowest BCUT2D eigenvalue weighted by Crippen LogP contribution is -2.00. The van der Waals surface area contributed by atoms with E-state index in [2.05, 4.69) is 5.10 Å². The van der Waals surface area contributed by atoms with Crippen LogP contribution in [0.25, 0.3) is 5.69 Å². The molecule has 19 heavy (non-hydrogen) atoms. The molecule has 0 spiro atoms. The number of hydrogen-bond donors (Lipinski definition) is 1. The molecular formula is C11H9ClN2O4S. The zero-order valence-corrected chi connectivity index (χ0v) is 11.3. The van der Waals surface area contributed by atoms with Gasteiger partial charge in [-0.3, -0.25) is 0 Å². The standard InChI is InChI=1S/C11H9ClN2O4S/c1-19(17,18)8-5-13-14(6-8)10-3-2-7(11(15)16)4-9(10)12/h2-6H,1H3,(H,15,16). The summed E-state index contributed by atoms with van der Waals surface area (Å²) in [6.45, 7) is 0. The Kier molecular flexibility index (Phi) is 3.34. The van der Waals surface area contributed by atoms with Crippen LogP contribution >= 0.6 is 11.6 Å². The average molecular weight is 301 g/mol. The van der Waals surface area contributed by atoms with Gasteiger partial charge in [0.1, 0.15) is 4.90 Å². The Balaban J connectivity index is 2.48. The summed E-state index contributed by atoms with van der Waals surface area (Å²) in [5.41, 5.74) is 0.450. The lowest BCUT2D eigenvalue weighted by Gasteiger charge is -2.04. The number of sulfone groups is 1. The molecule has 2 aromatic rings. The van der Waals surface area contributed by atoms with Crippen LogP contribution in [0.15, 0.2) is 35.5 Å². The van der Waals surface area contributed by atoms with Crippen molar-refractivity contribution >= 4 is 27.4 Å². The van der Waals surface area contributed by atoms with E-state index < -0.39 is 15.8 Å². The molecule has 0 amide bonds. The second-order valence-corrected chi connectivity index (χ2v) is 6.29. The van der Waals surface area contributed by atoms with Crippen molar-refractivity contribution in [3.63, 3.8) is 0 Å². The second kappa shape index (κ2) is 4.67. The van der Waals surface area contributed by atoms with Gasteiger partial charge in [-0.1, -0.05) is 11.6 Å². The Morgan fingerprint density at radius 2 is 2.11 bits per heavy atom. The zero-order chi connectivity index (χ0) is 14.2. The highest BCUT2D eigenvalue weighted by Gasteiger charge is 2.13. The monoisotopic (exact) mass is 300 g/mol. The molecular weight excluding hydrogens is 292 g/mol. The van der Waals surface area contributed by atoms with Crippen LogP contribution in [-0.2, 0) is 9.84 Å². The van der Waals surface area contributed by atoms with Gasteiger partial charge in [0.2, 0.25) is 0 Å². The highest BCUT2D eigenvalue weighted by molar-refractivity contribution is 7.90. The number of halogens is 1. The first-order valence-electron chi connectivity index (χ1n) is 5.07. The van der Waals surface area contributed by atoms with E-state index in [0.717, 1.165) is 6.26 Å². The zero-order valence-electron chi connectivity index (χ0n) is 9.74. The van der Waals surface area contributed by atoms with E-state index in [-0.39, 0.29) is 15.5 Å². The summed E-state index contributed by atoms with van der Waals surface area (Å²) in [6, 6.07) is 4.11. The van der Waals surface area contributed by atoms with Gasteiger partial charge in [0.15, 0.2) is 9.84 Å². The fourth-order valence-electron chi connectivity index (χ4n) is 1.46. The molecule has 0 aliphatic carbocycles. The largest absolute Gasteiger partial charge is 0.478 e. The number of hydrogen-bond acceptors (Lipinski definition) is 4. The molecule has 1 N–H and O–H groups in total. The van der Waals surface area contributed by atoms with Gasteiger partial charge in [0.05, 0.1) is 22.5 Å². The summed E-state index contributed by atoms with van der Waals surface area (Å²) < 4.78 is 24.0. The van der Waals surface area contributed by atoms with Crippen LogP contribution in [0, 0.1) is 0 Å². The molecule has 1 heterocycles. The molecule has 0 saturated carbocycles. The van der Waals surface area contributed by atoms with E-state index in [4.69, 9.17) is 16.7 Å². The predicted molar refractivity (Wildman–Crippen MR) is 68.6 cm³/mol.